The van der Waals surface area contributed by atoms with E-state index in [1.54, 1.807) is 12.3 Å². The minimum Gasteiger partial charge on any atom is -0.378 e. The molecule has 3 aromatic rings. The van der Waals surface area contributed by atoms with Gasteiger partial charge in [0.2, 0.25) is 5.92 Å². The van der Waals surface area contributed by atoms with Crippen molar-refractivity contribution in [3.8, 4) is 0 Å². The molecule has 258 valence electrons. The first-order chi connectivity index (χ1) is 22.3. The van der Waals surface area contributed by atoms with Crippen molar-refractivity contribution >= 4 is 17.5 Å². The van der Waals surface area contributed by atoms with E-state index in [2.05, 4.69) is 15.7 Å². The number of alkyl halides is 5. The highest BCUT2D eigenvalue weighted by Gasteiger charge is 2.45. The second kappa shape index (κ2) is 13.2. The number of aryl methyl sites for hydroxylation is 1. The zero-order valence-electron chi connectivity index (χ0n) is 26.3. The third-order valence-corrected chi connectivity index (χ3v) is 9.53. The van der Waals surface area contributed by atoms with E-state index in [1.165, 1.54) is 15.4 Å². The maximum atomic E-state index is 14.2. The number of aromatic nitrogens is 6. The van der Waals surface area contributed by atoms with Gasteiger partial charge in [0.1, 0.15) is 17.6 Å². The highest BCUT2D eigenvalue weighted by molar-refractivity contribution is 5.92. The third kappa shape index (κ3) is 7.36. The molecule has 2 saturated heterocycles. The van der Waals surface area contributed by atoms with Crippen molar-refractivity contribution in [2.45, 2.75) is 89.4 Å². The summed E-state index contributed by atoms with van der Waals surface area (Å²) in [6.07, 6.45) is -3.20. The van der Waals surface area contributed by atoms with Crippen LogP contribution in [0.25, 0.3) is 5.78 Å². The molecular weight excluding hydrogens is 629 g/mol. The van der Waals surface area contributed by atoms with E-state index in [0.717, 1.165) is 0 Å². The summed E-state index contributed by atoms with van der Waals surface area (Å²) in [5.41, 5.74) is 1.08. The Morgan fingerprint density at radius 1 is 1.26 bits per heavy atom. The molecule has 1 aliphatic carbocycles. The van der Waals surface area contributed by atoms with Crippen molar-refractivity contribution in [2.75, 3.05) is 31.1 Å². The van der Waals surface area contributed by atoms with Gasteiger partial charge in [-0.05, 0) is 45.1 Å². The highest BCUT2D eigenvalue weighted by atomic mass is 19.4. The van der Waals surface area contributed by atoms with Gasteiger partial charge in [-0.25, -0.2) is 18.3 Å². The largest absolute Gasteiger partial charge is 0.393 e. The second-order valence-electron chi connectivity index (χ2n) is 12.9. The number of imidazole rings is 1. The van der Waals surface area contributed by atoms with Crippen LogP contribution < -0.4 is 15.5 Å². The number of aliphatic hydroxyl groups is 1. The van der Waals surface area contributed by atoms with E-state index >= 15 is 0 Å². The lowest BCUT2D eigenvalue weighted by atomic mass is 9.81. The van der Waals surface area contributed by atoms with Gasteiger partial charge in [0.15, 0.2) is 5.82 Å². The number of ether oxygens (including phenoxy) is 1. The molecule has 0 bridgehead atoms. The Bertz CT molecular complexity index is 1550. The maximum absolute atomic E-state index is 14.2. The Hall–Kier alpha value is -3.44. The van der Waals surface area contributed by atoms with Crippen molar-refractivity contribution < 1.29 is 36.6 Å². The zero-order valence-corrected chi connectivity index (χ0v) is 26.3. The normalized spacial score (nSPS) is 26.4. The SMILES string of the molecule is CCn1nccc1C(=O)N[C@H](c1cn2nc(C[C@H]3C[C@@H](C(F)(F)F)CNC3O)c(N3CCO[C@@H](C)C3)nc2n1)C1CCC(F)(F)CC1. The van der Waals surface area contributed by atoms with Gasteiger partial charge in [0.25, 0.3) is 11.7 Å². The fraction of sp³-hybridized carbons (Fsp3) is 0.700. The first kappa shape index (κ1) is 33.5. The van der Waals surface area contributed by atoms with E-state index in [9.17, 15) is 31.9 Å². The standard InChI is InChI=1S/C30H40F5N9O3/c1-3-43-23(6-9-37-43)27(46)39-24(18-4-7-29(31,32)8-5-18)22-16-44-28(38-22)40-25(42-10-11-47-17(2)15-42)21(41-44)13-19-12-20(30(33,34)35)14-36-26(19)45/h6,9,16-20,24,26,36,45H,3-5,7-8,10-15H2,1-2H3,(H,39,46)/t17-,19+,20+,24-,26?/m0/s1. The average molecular weight is 670 g/mol. The molecular formula is C30H40F5N9O3. The number of aliphatic hydroxyl groups excluding tert-OH is 1. The summed E-state index contributed by atoms with van der Waals surface area (Å²) < 4.78 is 77.9. The van der Waals surface area contributed by atoms with Crippen LogP contribution in [0.4, 0.5) is 27.8 Å². The summed E-state index contributed by atoms with van der Waals surface area (Å²) in [5.74, 6) is -5.34. The number of amides is 1. The van der Waals surface area contributed by atoms with Crippen LogP contribution in [-0.2, 0) is 17.7 Å². The van der Waals surface area contributed by atoms with Crippen LogP contribution in [0.1, 0.15) is 73.9 Å². The monoisotopic (exact) mass is 669 g/mol. The first-order valence-electron chi connectivity index (χ1n) is 16.1. The smallest absolute Gasteiger partial charge is 0.378 e. The van der Waals surface area contributed by atoms with Gasteiger partial charge in [-0.15, -0.1) is 0 Å². The van der Waals surface area contributed by atoms with Gasteiger partial charge in [-0.1, -0.05) is 0 Å². The molecule has 0 aromatic carbocycles. The Labute approximate surface area is 268 Å². The van der Waals surface area contributed by atoms with Crippen molar-refractivity contribution in [3.05, 3.63) is 35.5 Å². The van der Waals surface area contributed by atoms with Crippen LogP contribution in [-0.4, -0.2) is 91.0 Å². The van der Waals surface area contributed by atoms with Crippen LogP contribution in [0.5, 0.6) is 0 Å². The summed E-state index contributed by atoms with van der Waals surface area (Å²) in [5, 5.41) is 25.2. The van der Waals surface area contributed by atoms with Gasteiger partial charge < -0.3 is 20.1 Å². The Morgan fingerprint density at radius 2 is 2.02 bits per heavy atom. The molecule has 6 rings (SSSR count). The molecule has 3 aromatic heterocycles. The van der Waals surface area contributed by atoms with Gasteiger partial charge in [-0.2, -0.15) is 28.4 Å². The molecule has 17 heteroatoms. The van der Waals surface area contributed by atoms with Gasteiger partial charge in [0, 0.05) is 57.6 Å². The number of rotatable bonds is 8. The van der Waals surface area contributed by atoms with Crippen molar-refractivity contribution in [3.63, 3.8) is 0 Å². The molecule has 1 saturated carbocycles. The number of piperidine rings is 1. The molecule has 3 aliphatic rings. The molecule has 1 unspecified atom stereocenters. The van der Waals surface area contributed by atoms with Crippen molar-refractivity contribution in [1.29, 1.82) is 0 Å². The van der Waals surface area contributed by atoms with Crippen LogP contribution in [0.2, 0.25) is 0 Å². The molecule has 0 spiro atoms. The predicted octanol–water partition coefficient (Wildman–Crippen LogP) is 3.51. The van der Waals surface area contributed by atoms with Gasteiger partial charge in [-0.3, -0.25) is 14.8 Å². The Morgan fingerprint density at radius 3 is 2.72 bits per heavy atom. The number of nitrogens with one attached hydrogen (secondary N) is 2. The van der Waals surface area contributed by atoms with Crippen molar-refractivity contribution in [2.24, 2.45) is 17.8 Å². The molecule has 3 N–H and O–H groups in total. The lowest BCUT2D eigenvalue weighted by molar-refractivity contribution is -0.190. The minimum absolute atomic E-state index is 0.0111. The summed E-state index contributed by atoms with van der Waals surface area (Å²) in [7, 11) is 0. The summed E-state index contributed by atoms with van der Waals surface area (Å²) in [6.45, 7) is 5.17. The first-order valence-corrected chi connectivity index (χ1v) is 16.1. The fourth-order valence-corrected chi connectivity index (χ4v) is 6.93. The third-order valence-electron chi connectivity index (χ3n) is 9.53. The van der Waals surface area contributed by atoms with Crippen LogP contribution in [0, 0.1) is 17.8 Å². The Balaban J connectivity index is 1.36. The average Bonchev–Trinajstić information content (AvgIpc) is 3.67. The van der Waals surface area contributed by atoms with E-state index in [4.69, 9.17) is 19.8 Å². The lowest BCUT2D eigenvalue weighted by Gasteiger charge is -2.36. The minimum atomic E-state index is -4.42. The number of anilines is 1. The zero-order chi connectivity index (χ0) is 33.5. The van der Waals surface area contributed by atoms with E-state index in [1.807, 2.05) is 18.7 Å². The van der Waals surface area contributed by atoms with Gasteiger partial charge in [0.05, 0.1) is 36.6 Å². The van der Waals surface area contributed by atoms with Gasteiger partial charge >= 0.3 is 6.18 Å². The number of hydrogen-bond acceptors (Lipinski definition) is 9. The number of carbonyl (C=O) groups excluding carboxylic acids is 1. The highest BCUT2D eigenvalue weighted by Crippen LogP contribution is 2.42. The van der Waals surface area contributed by atoms with Crippen molar-refractivity contribution in [1.82, 2.24) is 40.0 Å². The number of halogens is 5. The molecule has 2 aliphatic heterocycles. The number of hydrogen-bond donors (Lipinski definition) is 3. The number of fused-ring (bicyclic) bond motifs is 1. The quantitative estimate of drug-likeness (QED) is 0.308. The molecule has 47 heavy (non-hydrogen) atoms. The lowest BCUT2D eigenvalue weighted by Crippen LogP contribution is -2.50. The predicted molar refractivity (Wildman–Crippen MR) is 159 cm³/mol. The molecule has 5 atom stereocenters. The van der Waals surface area contributed by atoms with Crippen LogP contribution >= 0.6 is 0 Å². The molecule has 12 nitrogen and oxygen atoms in total. The summed E-state index contributed by atoms with van der Waals surface area (Å²) in [6, 6.07) is 0.840. The van der Waals surface area contributed by atoms with E-state index in [0.29, 0.717) is 49.1 Å². The second-order valence-corrected chi connectivity index (χ2v) is 12.9. The Kier molecular flexibility index (Phi) is 9.41. The summed E-state index contributed by atoms with van der Waals surface area (Å²) >= 11 is 0. The molecule has 0 radical (unpaired) electrons. The number of nitrogens with zero attached hydrogens (tertiary/aromatic N) is 7. The number of carbonyl (C=O) groups is 1. The van der Waals surface area contributed by atoms with Crippen LogP contribution in [0.15, 0.2) is 18.5 Å². The molecule has 1 amide bonds. The van der Waals surface area contributed by atoms with E-state index in [-0.39, 0.29) is 62.9 Å². The summed E-state index contributed by atoms with van der Waals surface area (Å²) in [4.78, 5) is 24.9. The maximum Gasteiger partial charge on any atom is 0.393 e. The molecule has 3 fully saturated rings. The fourth-order valence-electron chi connectivity index (χ4n) is 6.93. The van der Waals surface area contributed by atoms with Crippen LogP contribution in [0.3, 0.4) is 0 Å². The van der Waals surface area contributed by atoms with E-state index < -0.39 is 42.1 Å². The molecule has 5 heterocycles. The topological polar surface area (TPSA) is 135 Å². The number of morpholine rings is 1.